The summed E-state index contributed by atoms with van der Waals surface area (Å²) in [6, 6.07) is 7.14. The van der Waals surface area contributed by atoms with Crippen LogP contribution >= 0.6 is 0 Å². The van der Waals surface area contributed by atoms with Crippen molar-refractivity contribution in [3.05, 3.63) is 29.8 Å². The first-order chi connectivity index (χ1) is 12.0. The molecule has 0 heterocycles. The third-order valence-corrected chi connectivity index (χ3v) is 4.37. The molecule has 6 nitrogen and oxygen atoms in total. The van der Waals surface area contributed by atoms with Gasteiger partial charge in [-0.25, -0.2) is 0 Å². The van der Waals surface area contributed by atoms with E-state index in [9.17, 15) is 14.4 Å². The van der Waals surface area contributed by atoms with E-state index in [-0.39, 0.29) is 24.2 Å². The molecule has 2 N–H and O–H groups in total. The molecule has 1 aliphatic rings. The topological polar surface area (TPSA) is 86.7 Å². The van der Waals surface area contributed by atoms with Crippen molar-refractivity contribution in [2.24, 2.45) is 5.92 Å². The number of aliphatic carboxylic acids is 1. The van der Waals surface area contributed by atoms with E-state index in [2.05, 4.69) is 5.32 Å². The van der Waals surface area contributed by atoms with Crippen molar-refractivity contribution in [2.45, 2.75) is 44.9 Å². The molecule has 1 aliphatic carbocycles. The molecule has 0 atom stereocenters. The van der Waals surface area contributed by atoms with Gasteiger partial charge in [0, 0.05) is 25.9 Å². The molecule has 0 saturated heterocycles. The first-order valence-electron chi connectivity index (χ1n) is 8.87. The maximum absolute atomic E-state index is 12.4. The number of nitrogens with one attached hydrogen (secondary N) is 1. The first kappa shape index (κ1) is 19.0. The van der Waals surface area contributed by atoms with Crippen molar-refractivity contribution in [3.8, 4) is 0 Å². The Morgan fingerprint density at radius 3 is 2.48 bits per heavy atom. The molecule has 0 aliphatic heterocycles. The number of hydrogen-bond acceptors (Lipinski definition) is 3. The van der Waals surface area contributed by atoms with Crippen molar-refractivity contribution >= 4 is 23.5 Å². The van der Waals surface area contributed by atoms with Gasteiger partial charge in [-0.05, 0) is 37.8 Å². The smallest absolute Gasteiger partial charge is 0.303 e. The molecule has 2 amide bonds. The summed E-state index contributed by atoms with van der Waals surface area (Å²) in [5.41, 5.74) is 1.14. The van der Waals surface area contributed by atoms with Gasteiger partial charge in [-0.3, -0.25) is 14.4 Å². The minimum absolute atomic E-state index is 0.0682. The predicted octanol–water partition coefficient (Wildman–Crippen LogP) is 2.82. The zero-order valence-corrected chi connectivity index (χ0v) is 14.7. The van der Waals surface area contributed by atoms with Gasteiger partial charge in [-0.2, -0.15) is 0 Å². The van der Waals surface area contributed by atoms with Crippen molar-refractivity contribution in [1.82, 2.24) is 5.32 Å². The Hall–Kier alpha value is -2.37. The molecule has 6 heteroatoms. The van der Waals surface area contributed by atoms with Crippen LogP contribution in [0.15, 0.2) is 24.3 Å². The van der Waals surface area contributed by atoms with Crippen LogP contribution in [0.3, 0.4) is 0 Å². The van der Waals surface area contributed by atoms with E-state index in [0.29, 0.717) is 24.2 Å². The summed E-state index contributed by atoms with van der Waals surface area (Å²) >= 11 is 0. The Kier molecular flexibility index (Phi) is 6.98. The van der Waals surface area contributed by atoms with Gasteiger partial charge in [0.15, 0.2) is 0 Å². The molecule has 1 saturated carbocycles. The minimum Gasteiger partial charge on any atom is -0.481 e. The second-order valence-electron chi connectivity index (χ2n) is 6.50. The Labute approximate surface area is 148 Å². The molecule has 25 heavy (non-hydrogen) atoms. The lowest BCUT2D eigenvalue weighted by Gasteiger charge is -2.20. The summed E-state index contributed by atoms with van der Waals surface area (Å²) < 4.78 is 0. The number of carboxylic acid groups (broad SMARTS) is 1. The highest BCUT2D eigenvalue weighted by atomic mass is 16.4. The van der Waals surface area contributed by atoms with Crippen LogP contribution in [0.4, 0.5) is 5.69 Å². The van der Waals surface area contributed by atoms with Crippen molar-refractivity contribution in [3.63, 3.8) is 0 Å². The maximum atomic E-state index is 12.4. The molecule has 136 valence electrons. The quantitative estimate of drug-likeness (QED) is 0.638. The average Bonchev–Trinajstić information content (AvgIpc) is 3.44. The molecule has 0 aromatic heterocycles. The van der Waals surface area contributed by atoms with Crippen molar-refractivity contribution in [2.75, 3.05) is 18.5 Å². The highest BCUT2D eigenvalue weighted by Crippen LogP contribution is 2.33. The molecule has 1 fully saturated rings. The van der Waals surface area contributed by atoms with Crippen LogP contribution in [-0.2, 0) is 9.59 Å². The van der Waals surface area contributed by atoms with Crippen LogP contribution in [0.2, 0.25) is 0 Å². The number of benzene rings is 1. The van der Waals surface area contributed by atoms with Crippen LogP contribution in [0, 0.1) is 5.92 Å². The summed E-state index contributed by atoms with van der Waals surface area (Å²) in [6.07, 6.45) is 5.26. The Bertz CT molecular complexity index is 626. The summed E-state index contributed by atoms with van der Waals surface area (Å²) in [4.78, 5) is 36.7. The molecular formula is C19H26N2O4. The van der Waals surface area contributed by atoms with E-state index in [1.54, 1.807) is 30.1 Å². The van der Waals surface area contributed by atoms with Gasteiger partial charge in [0.25, 0.3) is 5.91 Å². The Balaban J connectivity index is 1.81. The predicted molar refractivity (Wildman–Crippen MR) is 95.6 cm³/mol. The zero-order valence-electron chi connectivity index (χ0n) is 14.7. The largest absolute Gasteiger partial charge is 0.481 e. The fourth-order valence-electron chi connectivity index (χ4n) is 2.73. The average molecular weight is 346 g/mol. The maximum Gasteiger partial charge on any atom is 0.303 e. The Morgan fingerprint density at radius 2 is 1.80 bits per heavy atom. The van der Waals surface area contributed by atoms with E-state index in [1.165, 1.54) is 0 Å². The summed E-state index contributed by atoms with van der Waals surface area (Å²) in [7, 11) is 1.72. The van der Waals surface area contributed by atoms with Gasteiger partial charge < -0.3 is 15.3 Å². The third-order valence-electron chi connectivity index (χ3n) is 4.37. The van der Waals surface area contributed by atoms with Crippen LogP contribution in [0.5, 0.6) is 0 Å². The fourth-order valence-corrected chi connectivity index (χ4v) is 2.73. The number of unbranched alkanes of at least 4 members (excludes halogenated alkanes) is 3. The van der Waals surface area contributed by atoms with Gasteiger partial charge >= 0.3 is 5.97 Å². The van der Waals surface area contributed by atoms with Crippen LogP contribution in [-0.4, -0.2) is 36.5 Å². The normalized spacial score (nSPS) is 13.3. The first-order valence-corrected chi connectivity index (χ1v) is 8.87. The van der Waals surface area contributed by atoms with E-state index in [0.717, 1.165) is 32.1 Å². The van der Waals surface area contributed by atoms with Gasteiger partial charge in [0.2, 0.25) is 5.91 Å². The highest BCUT2D eigenvalue weighted by molar-refractivity contribution is 6.05. The van der Waals surface area contributed by atoms with E-state index in [1.807, 2.05) is 6.07 Å². The van der Waals surface area contributed by atoms with Gasteiger partial charge in [-0.1, -0.05) is 25.0 Å². The fraction of sp³-hybridized carbons (Fsp3) is 0.526. The molecule has 2 rings (SSSR count). The molecule has 0 bridgehead atoms. The molecule has 0 spiro atoms. The SMILES string of the molecule is CN(C(=O)C1CC1)c1ccccc1C(=O)NCCCCCCC(=O)O. The molecule has 0 radical (unpaired) electrons. The van der Waals surface area contributed by atoms with Gasteiger partial charge in [-0.15, -0.1) is 0 Å². The number of carbonyl (C=O) groups is 3. The molecule has 1 aromatic carbocycles. The van der Waals surface area contributed by atoms with Crippen LogP contribution in [0.1, 0.15) is 55.3 Å². The minimum atomic E-state index is -0.769. The lowest BCUT2D eigenvalue weighted by molar-refractivity contribution is -0.137. The summed E-state index contributed by atoms with van der Waals surface area (Å²) in [6.45, 7) is 0.542. The number of rotatable bonds is 10. The number of amides is 2. The van der Waals surface area contributed by atoms with Crippen molar-refractivity contribution in [1.29, 1.82) is 0 Å². The van der Waals surface area contributed by atoms with Crippen LogP contribution in [0.25, 0.3) is 0 Å². The van der Waals surface area contributed by atoms with Crippen molar-refractivity contribution < 1.29 is 19.5 Å². The third kappa shape index (κ3) is 5.89. The lowest BCUT2D eigenvalue weighted by Crippen LogP contribution is -2.31. The molecular weight excluding hydrogens is 320 g/mol. The number of para-hydroxylation sites is 1. The summed E-state index contributed by atoms with van der Waals surface area (Å²) in [5.74, 6) is -0.781. The molecule has 0 unspecified atom stereocenters. The van der Waals surface area contributed by atoms with Crippen LogP contribution < -0.4 is 10.2 Å². The standard InChI is InChI=1S/C19H26N2O4/c1-21(19(25)14-11-12-14)16-9-6-5-8-15(16)18(24)20-13-7-3-2-4-10-17(22)23/h5-6,8-9,14H,2-4,7,10-13H2,1H3,(H,20,24)(H,22,23). The van der Waals surface area contributed by atoms with Gasteiger partial charge in [0.1, 0.15) is 0 Å². The van der Waals surface area contributed by atoms with E-state index >= 15 is 0 Å². The second kappa shape index (κ2) is 9.20. The number of carbonyl (C=O) groups excluding carboxylic acids is 2. The number of anilines is 1. The number of hydrogen-bond donors (Lipinski definition) is 2. The Morgan fingerprint density at radius 1 is 1.12 bits per heavy atom. The monoisotopic (exact) mass is 346 g/mol. The van der Waals surface area contributed by atoms with Gasteiger partial charge in [0.05, 0.1) is 11.3 Å². The highest BCUT2D eigenvalue weighted by Gasteiger charge is 2.33. The zero-order chi connectivity index (χ0) is 18.2. The second-order valence-corrected chi connectivity index (χ2v) is 6.50. The number of carboxylic acids is 1. The van der Waals surface area contributed by atoms with E-state index < -0.39 is 5.97 Å². The summed E-state index contributed by atoms with van der Waals surface area (Å²) in [5, 5.41) is 11.5. The lowest BCUT2D eigenvalue weighted by atomic mass is 10.1. The van der Waals surface area contributed by atoms with E-state index in [4.69, 9.17) is 5.11 Å². The molecule has 1 aromatic rings. The number of nitrogens with zero attached hydrogens (tertiary/aromatic N) is 1.